The molecule has 5 aromatic rings. The molecular weight excluding hydrogens is 753 g/mol. The zero-order valence-electron chi connectivity index (χ0n) is 27.2. The summed E-state index contributed by atoms with van der Waals surface area (Å²) in [6.45, 7) is 4.87. The Morgan fingerprint density at radius 2 is 1.50 bits per heavy atom. The zero-order valence-corrected chi connectivity index (χ0v) is 27.2. The Bertz CT molecular complexity index is 2200. The highest BCUT2D eigenvalue weighted by atomic mass is 19.4. The SMILES string of the molecule is CC1=NCCN1c1cc(-n2ccnc2C)ccc1NC(=O)c1cc(C(F)(F)F)nn1-c1ccc2onc(N)c2c1.O=C(O)C(F)(F)F.O=C(O)C(F)(F)F. The van der Waals surface area contributed by atoms with Crippen LogP contribution in [0.15, 0.2) is 64.4 Å². The van der Waals surface area contributed by atoms with Crippen molar-refractivity contribution < 1.29 is 68.6 Å². The highest BCUT2D eigenvalue weighted by Crippen LogP contribution is 2.34. The standard InChI is InChI=1S/C26H22F3N9O2.2C2HF3O2/c1-14-31-7-9-36(14)16-3-5-19(20(12-16)37-10-8-32-15(37)2)33-25(39)21-13-23(26(27,28)29)34-38(21)17-4-6-22-18(11-17)24(30)35-40-22;2*3-2(4,5)1(6)7/h3-7,9,11-13H,8,10H2,1-2H3,(H2,30,35)(H,33,39);2*(H,6,7). The lowest BCUT2D eigenvalue weighted by Gasteiger charge is -2.23. The molecular formula is C30H24F9N9O6. The number of carbonyl (C=O) groups excluding carboxylic acids is 1. The number of fused-ring (bicyclic) bond motifs is 1. The van der Waals surface area contributed by atoms with Crippen LogP contribution >= 0.6 is 0 Å². The highest BCUT2D eigenvalue weighted by Gasteiger charge is 2.39. The van der Waals surface area contributed by atoms with Crippen LogP contribution in [0.25, 0.3) is 22.3 Å². The molecule has 0 saturated heterocycles. The van der Waals surface area contributed by atoms with Gasteiger partial charge in [-0.05, 0) is 50.2 Å². The number of nitrogens with one attached hydrogen (secondary N) is 1. The van der Waals surface area contributed by atoms with Crippen molar-refractivity contribution in [1.29, 1.82) is 0 Å². The summed E-state index contributed by atoms with van der Waals surface area (Å²) >= 11 is 0. The van der Waals surface area contributed by atoms with Gasteiger partial charge in [-0.3, -0.25) is 9.79 Å². The van der Waals surface area contributed by atoms with Gasteiger partial charge in [-0.2, -0.15) is 44.6 Å². The lowest BCUT2D eigenvalue weighted by atomic mass is 10.2. The summed E-state index contributed by atoms with van der Waals surface area (Å²) in [6, 6.07) is 10.5. The summed E-state index contributed by atoms with van der Waals surface area (Å²) in [5.74, 6) is -4.72. The lowest BCUT2D eigenvalue weighted by Crippen LogP contribution is -2.27. The first-order valence-electron chi connectivity index (χ1n) is 14.7. The molecule has 0 atom stereocenters. The van der Waals surface area contributed by atoms with Crippen LogP contribution in [0.2, 0.25) is 0 Å². The summed E-state index contributed by atoms with van der Waals surface area (Å²) in [5, 5.41) is 24.8. The van der Waals surface area contributed by atoms with Crippen LogP contribution in [-0.4, -0.2) is 83.8 Å². The fourth-order valence-electron chi connectivity index (χ4n) is 4.65. The molecule has 0 aliphatic carbocycles. The van der Waals surface area contributed by atoms with Gasteiger partial charge in [0.1, 0.15) is 17.4 Å². The van der Waals surface area contributed by atoms with Crippen molar-refractivity contribution in [3.8, 4) is 11.4 Å². The molecule has 3 aromatic heterocycles. The first kappa shape index (κ1) is 40.2. The number of hydrogen-bond donors (Lipinski definition) is 4. The van der Waals surface area contributed by atoms with E-state index in [1.54, 1.807) is 18.3 Å². The Hall–Kier alpha value is -6.62. The molecule has 0 spiro atoms. The third kappa shape index (κ3) is 9.23. The first-order chi connectivity index (χ1) is 25.0. The Kier molecular flexibility index (Phi) is 11.3. The number of aryl methyl sites for hydroxylation is 1. The molecule has 2 aromatic carbocycles. The fourth-order valence-corrected chi connectivity index (χ4v) is 4.65. The molecule has 0 bridgehead atoms. The average Bonchev–Trinajstić information content (AvgIpc) is 3.88. The first-order valence-corrected chi connectivity index (χ1v) is 14.7. The summed E-state index contributed by atoms with van der Waals surface area (Å²) in [7, 11) is 0. The summed E-state index contributed by atoms with van der Waals surface area (Å²) in [6.07, 6.45) is -11.5. The van der Waals surface area contributed by atoms with Crippen molar-refractivity contribution in [2.75, 3.05) is 29.0 Å². The maximum Gasteiger partial charge on any atom is 0.490 e. The van der Waals surface area contributed by atoms with Crippen LogP contribution in [-0.2, 0) is 15.8 Å². The summed E-state index contributed by atoms with van der Waals surface area (Å²) < 4.78 is 112. The summed E-state index contributed by atoms with van der Waals surface area (Å²) in [5.41, 5.74) is 6.63. The molecule has 6 rings (SSSR count). The van der Waals surface area contributed by atoms with Crippen LogP contribution in [0, 0.1) is 6.92 Å². The lowest BCUT2D eigenvalue weighted by molar-refractivity contribution is -0.193. The van der Waals surface area contributed by atoms with Gasteiger partial charge >= 0.3 is 30.5 Å². The number of aliphatic carboxylic acids is 2. The number of hydrogen-bond acceptors (Lipinski definition) is 10. The van der Waals surface area contributed by atoms with E-state index in [1.165, 1.54) is 18.2 Å². The van der Waals surface area contributed by atoms with Gasteiger partial charge in [-0.1, -0.05) is 5.16 Å². The molecule has 0 radical (unpaired) electrons. The number of carboxylic acids is 2. The number of amides is 1. The number of aliphatic imine (C=N–C) groups is 1. The van der Waals surface area contributed by atoms with Crippen LogP contribution in [0.5, 0.6) is 0 Å². The Labute approximate surface area is 295 Å². The predicted octanol–water partition coefficient (Wildman–Crippen LogP) is 5.87. The van der Waals surface area contributed by atoms with E-state index in [2.05, 4.69) is 25.5 Å². The third-order valence-corrected chi connectivity index (χ3v) is 7.12. The third-order valence-electron chi connectivity index (χ3n) is 7.12. The number of halogens is 9. The van der Waals surface area contributed by atoms with Crippen molar-refractivity contribution in [3.63, 3.8) is 0 Å². The molecule has 15 nitrogen and oxygen atoms in total. The second-order valence-electron chi connectivity index (χ2n) is 10.8. The monoisotopic (exact) mass is 777 g/mol. The van der Waals surface area contributed by atoms with Gasteiger partial charge in [0.25, 0.3) is 5.91 Å². The predicted molar refractivity (Wildman–Crippen MR) is 170 cm³/mol. The molecule has 24 heteroatoms. The number of nitrogen functional groups attached to an aromatic ring is 1. The number of carbonyl (C=O) groups is 3. The van der Waals surface area contributed by atoms with Gasteiger partial charge in [0, 0.05) is 30.7 Å². The molecule has 5 N–H and O–H groups in total. The molecule has 0 unspecified atom stereocenters. The van der Waals surface area contributed by atoms with Gasteiger partial charge in [0.2, 0.25) is 0 Å². The molecule has 1 aliphatic heterocycles. The van der Waals surface area contributed by atoms with E-state index >= 15 is 0 Å². The van der Waals surface area contributed by atoms with Crippen LogP contribution in [0.1, 0.15) is 28.9 Å². The molecule has 54 heavy (non-hydrogen) atoms. The van der Waals surface area contributed by atoms with Gasteiger partial charge in [0.15, 0.2) is 17.1 Å². The Morgan fingerprint density at radius 3 is 2.02 bits per heavy atom. The number of nitrogens with two attached hydrogens (primary N) is 1. The number of aromatic nitrogens is 5. The fraction of sp³-hybridized carbons (Fsp3) is 0.233. The second kappa shape index (κ2) is 15.2. The molecule has 4 heterocycles. The largest absolute Gasteiger partial charge is 0.490 e. The van der Waals surface area contributed by atoms with Crippen molar-refractivity contribution in [1.82, 2.24) is 24.5 Å². The second-order valence-corrected chi connectivity index (χ2v) is 10.8. The molecule has 1 amide bonds. The molecule has 288 valence electrons. The number of rotatable bonds is 5. The van der Waals surface area contributed by atoms with Crippen LogP contribution < -0.4 is 16.0 Å². The number of nitrogens with zero attached hydrogens (tertiary/aromatic N) is 7. The smallest absolute Gasteiger partial charge is 0.475 e. The highest BCUT2D eigenvalue weighted by molar-refractivity contribution is 6.08. The van der Waals surface area contributed by atoms with Crippen LogP contribution in [0.4, 0.5) is 56.7 Å². The minimum atomic E-state index is -5.08. The van der Waals surface area contributed by atoms with Gasteiger partial charge in [0.05, 0.1) is 29.0 Å². The summed E-state index contributed by atoms with van der Waals surface area (Å²) in [4.78, 5) is 42.0. The van der Waals surface area contributed by atoms with Crippen molar-refractivity contribution >= 4 is 51.8 Å². The number of imidazole rings is 1. The van der Waals surface area contributed by atoms with Gasteiger partial charge in [-0.25, -0.2) is 19.3 Å². The maximum absolute atomic E-state index is 13.7. The minimum absolute atomic E-state index is 0.0616. The number of anilines is 3. The zero-order chi connectivity index (χ0) is 40.3. The quantitative estimate of drug-likeness (QED) is 0.155. The van der Waals surface area contributed by atoms with E-state index in [1.807, 2.05) is 35.6 Å². The van der Waals surface area contributed by atoms with Crippen LogP contribution in [0.3, 0.4) is 0 Å². The molecule has 0 fully saturated rings. The van der Waals surface area contributed by atoms with Gasteiger partial charge < -0.3 is 35.3 Å². The normalized spacial score (nSPS) is 13.1. The van der Waals surface area contributed by atoms with E-state index in [-0.39, 0.29) is 17.2 Å². The Balaban J connectivity index is 0.000000396. The topological polar surface area (TPSA) is 207 Å². The number of amidine groups is 1. The van der Waals surface area contributed by atoms with Crippen molar-refractivity contribution in [2.24, 2.45) is 4.99 Å². The number of carboxylic acid groups (broad SMARTS) is 2. The molecule has 0 saturated carbocycles. The average molecular weight is 778 g/mol. The van der Waals surface area contributed by atoms with E-state index in [0.717, 1.165) is 22.0 Å². The van der Waals surface area contributed by atoms with E-state index in [9.17, 15) is 44.3 Å². The van der Waals surface area contributed by atoms with E-state index < -0.39 is 42.1 Å². The number of alkyl halides is 9. The number of benzene rings is 2. The van der Waals surface area contributed by atoms with Crippen molar-refractivity contribution in [2.45, 2.75) is 32.4 Å². The minimum Gasteiger partial charge on any atom is -0.475 e. The Morgan fingerprint density at radius 1 is 0.889 bits per heavy atom. The van der Waals surface area contributed by atoms with Gasteiger partial charge in [-0.15, -0.1) is 0 Å². The van der Waals surface area contributed by atoms with E-state index in [4.69, 9.17) is 30.1 Å². The molecule has 1 aliphatic rings. The van der Waals surface area contributed by atoms with E-state index in [0.29, 0.717) is 41.5 Å². The maximum atomic E-state index is 13.7. The van der Waals surface area contributed by atoms with Crippen molar-refractivity contribution in [3.05, 3.63) is 72.1 Å².